The maximum absolute atomic E-state index is 11.5. The molecule has 0 aliphatic rings. The SMILES string of the molecule is CCNC(C)C(=O)CNC(C)C(=O)CC. The first-order valence-electron chi connectivity index (χ1n) is 5.55. The normalized spacial score (nSPS) is 14.7. The highest BCUT2D eigenvalue weighted by molar-refractivity contribution is 5.87. The maximum Gasteiger partial charge on any atom is 0.163 e. The third-order valence-electron chi connectivity index (χ3n) is 2.41. The van der Waals surface area contributed by atoms with Gasteiger partial charge in [0.15, 0.2) is 5.78 Å². The highest BCUT2D eigenvalue weighted by atomic mass is 16.1. The molecule has 88 valence electrons. The van der Waals surface area contributed by atoms with Gasteiger partial charge in [-0.3, -0.25) is 9.59 Å². The van der Waals surface area contributed by atoms with Gasteiger partial charge >= 0.3 is 0 Å². The number of carbonyl (C=O) groups excluding carboxylic acids is 2. The first kappa shape index (κ1) is 14.3. The number of hydrogen-bond donors (Lipinski definition) is 2. The van der Waals surface area contributed by atoms with E-state index in [1.807, 2.05) is 20.8 Å². The molecule has 0 saturated carbocycles. The quantitative estimate of drug-likeness (QED) is 0.618. The zero-order valence-electron chi connectivity index (χ0n) is 10.1. The van der Waals surface area contributed by atoms with Gasteiger partial charge in [0.25, 0.3) is 0 Å². The van der Waals surface area contributed by atoms with E-state index < -0.39 is 0 Å². The van der Waals surface area contributed by atoms with Crippen molar-refractivity contribution in [1.29, 1.82) is 0 Å². The first-order valence-corrected chi connectivity index (χ1v) is 5.55. The molecule has 2 unspecified atom stereocenters. The van der Waals surface area contributed by atoms with E-state index in [-0.39, 0.29) is 30.2 Å². The Kier molecular flexibility index (Phi) is 7.17. The van der Waals surface area contributed by atoms with Crippen LogP contribution in [0.15, 0.2) is 0 Å². The zero-order chi connectivity index (χ0) is 11.8. The number of ketones is 2. The van der Waals surface area contributed by atoms with Crippen LogP contribution in [0.4, 0.5) is 0 Å². The Balaban J connectivity index is 3.84. The summed E-state index contributed by atoms with van der Waals surface area (Å²) in [4.78, 5) is 22.7. The summed E-state index contributed by atoms with van der Waals surface area (Å²) in [6.07, 6.45) is 0.505. The second-order valence-electron chi connectivity index (χ2n) is 3.67. The van der Waals surface area contributed by atoms with Gasteiger partial charge in [-0.15, -0.1) is 0 Å². The minimum atomic E-state index is -0.229. The fourth-order valence-electron chi connectivity index (χ4n) is 1.25. The van der Waals surface area contributed by atoms with Crippen molar-refractivity contribution >= 4 is 11.6 Å². The molecule has 2 N–H and O–H groups in total. The lowest BCUT2D eigenvalue weighted by Gasteiger charge is -2.14. The smallest absolute Gasteiger partial charge is 0.163 e. The number of hydrogen-bond acceptors (Lipinski definition) is 4. The fraction of sp³-hybridized carbons (Fsp3) is 0.818. The number of likely N-dealkylation sites (N-methyl/N-ethyl adjacent to an activating group) is 1. The lowest BCUT2D eigenvalue weighted by molar-refractivity contribution is -0.121. The summed E-state index contributed by atoms with van der Waals surface area (Å²) in [5.74, 6) is 0.228. The van der Waals surface area contributed by atoms with Crippen LogP contribution in [0.2, 0.25) is 0 Å². The number of nitrogens with one attached hydrogen (secondary N) is 2. The molecule has 0 rings (SSSR count). The lowest BCUT2D eigenvalue weighted by Crippen LogP contribution is -2.43. The molecule has 0 aromatic heterocycles. The molecule has 0 heterocycles. The summed E-state index contributed by atoms with van der Waals surface area (Å²) in [6.45, 7) is 8.43. The minimum absolute atomic E-state index is 0.0904. The molecule has 0 saturated heterocycles. The summed E-state index contributed by atoms with van der Waals surface area (Å²) in [5, 5.41) is 5.97. The molecule has 0 spiro atoms. The molecule has 2 atom stereocenters. The Hall–Kier alpha value is -0.740. The van der Waals surface area contributed by atoms with Crippen LogP contribution in [0.5, 0.6) is 0 Å². The van der Waals surface area contributed by atoms with E-state index in [1.54, 1.807) is 6.92 Å². The number of Topliss-reactive ketones (excluding diaryl/α,β-unsaturated/α-hetero) is 2. The van der Waals surface area contributed by atoms with E-state index in [2.05, 4.69) is 10.6 Å². The minimum Gasteiger partial charge on any atom is -0.308 e. The van der Waals surface area contributed by atoms with Crippen LogP contribution in [-0.2, 0) is 9.59 Å². The van der Waals surface area contributed by atoms with Crippen molar-refractivity contribution in [3.05, 3.63) is 0 Å². The average molecular weight is 214 g/mol. The highest BCUT2D eigenvalue weighted by Crippen LogP contribution is 1.90. The van der Waals surface area contributed by atoms with Crippen LogP contribution in [0, 0.1) is 0 Å². The van der Waals surface area contributed by atoms with E-state index in [0.717, 1.165) is 6.54 Å². The maximum atomic E-state index is 11.5. The average Bonchev–Trinajstić information content (AvgIpc) is 2.24. The third kappa shape index (κ3) is 5.64. The standard InChI is InChI=1S/C11H22N2O2/c1-5-10(14)8(3)13-7-11(15)9(4)12-6-2/h8-9,12-13H,5-7H2,1-4H3. The fourth-order valence-corrected chi connectivity index (χ4v) is 1.25. The summed E-state index contributed by atoms with van der Waals surface area (Å²) < 4.78 is 0. The summed E-state index contributed by atoms with van der Waals surface area (Å²) in [5.41, 5.74) is 0. The van der Waals surface area contributed by atoms with Crippen LogP contribution >= 0.6 is 0 Å². The van der Waals surface area contributed by atoms with Crippen molar-refractivity contribution in [2.75, 3.05) is 13.1 Å². The van der Waals surface area contributed by atoms with Crippen LogP contribution in [0.3, 0.4) is 0 Å². The highest BCUT2D eigenvalue weighted by Gasteiger charge is 2.14. The molecule has 15 heavy (non-hydrogen) atoms. The second kappa shape index (κ2) is 7.54. The third-order valence-corrected chi connectivity index (χ3v) is 2.41. The van der Waals surface area contributed by atoms with Gasteiger partial charge in [0, 0.05) is 6.42 Å². The van der Waals surface area contributed by atoms with Gasteiger partial charge in [-0.25, -0.2) is 0 Å². The Morgan fingerprint density at radius 1 is 1.00 bits per heavy atom. The number of carbonyl (C=O) groups is 2. The van der Waals surface area contributed by atoms with Crippen molar-refractivity contribution in [1.82, 2.24) is 10.6 Å². The molecule has 0 aromatic carbocycles. The van der Waals surface area contributed by atoms with Gasteiger partial charge < -0.3 is 10.6 Å². The molecule has 4 nitrogen and oxygen atoms in total. The van der Waals surface area contributed by atoms with Gasteiger partial charge in [0.1, 0.15) is 5.78 Å². The van der Waals surface area contributed by atoms with Crippen LogP contribution in [0.25, 0.3) is 0 Å². The molecule has 0 radical (unpaired) electrons. The van der Waals surface area contributed by atoms with E-state index in [4.69, 9.17) is 0 Å². The summed E-state index contributed by atoms with van der Waals surface area (Å²) in [7, 11) is 0. The Bertz CT molecular complexity index is 217. The molecule has 0 fully saturated rings. The van der Waals surface area contributed by atoms with E-state index in [0.29, 0.717) is 6.42 Å². The lowest BCUT2D eigenvalue weighted by atomic mass is 10.1. The van der Waals surface area contributed by atoms with Gasteiger partial charge in [0.05, 0.1) is 18.6 Å². The Morgan fingerprint density at radius 2 is 1.53 bits per heavy atom. The zero-order valence-corrected chi connectivity index (χ0v) is 10.1. The molecular formula is C11H22N2O2. The molecule has 0 amide bonds. The largest absolute Gasteiger partial charge is 0.308 e. The van der Waals surface area contributed by atoms with Crippen LogP contribution < -0.4 is 10.6 Å². The van der Waals surface area contributed by atoms with Crippen molar-refractivity contribution in [3.8, 4) is 0 Å². The van der Waals surface area contributed by atoms with Crippen molar-refractivity contribution in [3.63, 3.8) is 0 Å². The topological polar surface area (TPSA) is 58.2 Å². The number of rotatable bonds is 8. The van der Waals surface area contributed by atoms with Crippen molar-refractivity contribution in [2.24, 2.45) is 0 Å². The van der Waals surface area contributed by atoms with Crippen molar-refractivity contribution in [2.45, 2.75) is 46.2 Å². The van der Waals surface area contributed by atoms with E-state index in [1.165, 1.54) is 0 Å². The Labute approximate surface area is 91.8 Å². The molecule has 0 aromatic rings. The van der Waals surface area contributed by atoms with Crippen LogP contribution in [-0.4, -0.2) is 36.7 Å². The van der Waals surface area contributed by atoms with Gasteiger partial charge in [0.2, 0.25) is 0 Å². The molecule has 0 bridgehead atoms. The molecular weight excluding hydrogens is 192 g/mol. The predicted molar refractivity (Wildman–Crippen MR) is 60.9 cm³/mol. The van der Waals surface area contributed by atoms with Crippen LogP contribution in [0.1, 0.15) is 34.1 Å². The molecule has 0 aliphatic carbocycles. The van der Waals surface area contributed by atoms with Gasteiger partial charge in [-0.2, -0.15) is 0 Å². The Morgan fingerprint density at radius 3 is 2.00 bits per heavy atom. The van der Waals surface area contributed by atoms with E-state index >= 15 is 0 Å². The second-order valence-corrected chi connectivity index (χ2v) is 3.67. The van der Waals surface area contributed by atoms with Gasteiger partial charge in [-0.05, 0) is 20.4 Å². The first-order chi connectivity index (χ1) is 7.02. The molecule has 0 aliphatic heterocycles. The van der Waals surface area contributed by atoms with Gasteiger partial charge in [-0.1, -0.05) is 13.8 Å². The van der Waals surface area contributed by atoms with E-state index in [9.17, 15) is 9.59 Å². The summed E-state index contributed by atoms with van der Waals surface area (Å²) in [6, 6.07) is -0.376. The van der Waals surface area contributed by atoms with Crippen molar-refractivity contribution < 1.29 is 9.59 Å². The molecule has 4 heteroatoms. The predicted octanol–water partition coefficient (Wildman–Crippen LogP) is 0.511. The summed E-state index contributed by atoms with van der Waals surface area (Å²) >= 11 is 0. The monoisotopic (exact) mass is 214 g/mol.